The number of aromatic amines is 1. The van der Waals surface area contributed by atoms with Crippen LogP contribution in [0.25, 0.3) is 11.0 Å². The Morgan fingerprint density at radius 1 is 1.00 bits per heavy atom. The number of sulfonamides is 1. The quantitative estimate of drug-likeness (QED) is 0.581. The summed E-state index contributed by atoms with van der Waals surface area (Å²) in [4.78, 5) is 30.7. The molecule has 0 radical (unpaired) electrons. The monoisotopic (exact) mass is 482 g/mol. The second-order valence-corrected chi connectivity index (χ2v) is 11.7. The van der Waals surface area contributed by atoms with Crippen molar-refractivity contribution >= 4 is 27.0 Å². The van der Waals surface area contributed by atoms with Crippen molar-refractivity contribution in [3.8, 4) is 0 Å². The van der Waals surface area contributed by atoms with Crippen LogP contribution in [0.1, 0.15) is 55.9 Å². The number of nitrogens with one attached hydrogen (secondary N) is 1. The average Bonchev–Trinajstić information content (AvgIpc) is 3.25. The summed E-state index contributed by atoms with van der Waals surface area (Å²) in [6.07, 6.45) is 3.10. The van der Waals surface area contributed by atoms with Crippen molar-refractivity contribution in [2.45, 2.75) is 56.0 Å². The lowest BCUT2D eigenvalue weighted by atomic mass is 9.92. The van der Waals surface area contributed by atoms with Crippen LogP contribution >= 0.6 is 0 Å². The first-order chi connectivity index (χ1) is 16.2. The molecule has 0 bridgehead atoms. The molecule has 2 aliphatic heterocycles. The lowest BCUT2D eigenvalue weighted by Crippen LogP contribution is -2.49. The number of imidazole rings is 1. The number of amides is 1. The molecular weight excluding hydrogens is 452 g/mol. The lowest BCUT2D eigenvalue weighted by Gasteiger charge is -2.43. The van der Waals surface area contributed by atoms with Gasteiger partial charge in [-0.2, -0.15) is 0 Å². The summed E-state index contributed by atoms with van der Waals surface area (Å²) in [5.74, 6) is -0.432. The van der Waals surface area contributed by atoms with E-state index < -0.39 is 15.9 Å². The highest BCUT2D eigenvalue weighted by molar-refractivity contribution is 7.90. The molecule has 0 atom stereocenters. The molecule has 5 rings (SSSR count). The maximum Gasteiger partial charge on any atom is 0.326 e. The molecule has 1 amide bonds. The van der Waals surface area contributed by atoms with Gasteiger partial charge in [0.05, 0.1) is 16.6 Å². The van der Waals surface area contributed by atoms with Gasteiger partial charge in [0, 0.05) is 31.2 Å². The topological polar surface area (TPSA) is 95.5 Å². The van der Waals surface area contributed by atoms with Crippen LogP contribution in [-0.2, 0) is 10.0 Å². The molecule has 1 fully saturated rings. The molecule has 3 heterocycles. The normalized spacial score (nSPS) is 19.1. The minimum absolute atomic E-state index is 0.0589. The van der Waals surface area contributed by atoms with E-state index in [0.29, 0.717) is 6.42 Å². The van der Waals surface area contributed by atoms with Crippen molar-refractivity contribution in [3.63, 3.8) is 0 Å². The smallest absolute Gasteiger partial charge is 0.306 e. The largest absolute Gasteiger partial charge is 0.326 e. The molecule has 2 aromatic carbocycles. The first kappa shape index (κ1) is 22.9. The molecule has 34 heavy (non-hydrogen) atoms. The molecule has 0 unspecified atom stereocenters. The Morgan fingerprint density at radius 2 is 1.68 bits per heavy atom. The second-order valence-electron chi connectivity index (χ2n) is 9.83. The number of fused-ring (bicyclic) bond motifs is 2. The summed E-state index contributed by atoms with van der Waals surface area (Å²) in [6.45, 7) is 6.23. The van der Waals surface area contributed by atoms with E-state index >= 15 is 0 Å². The summed E-state index contributed by atoms with van der Waals surface area (Å²) in [5, 5.41) is 0. The van der Waals surface area contributed by atoms with Crippen LogP contribution in [-0.4, -0.2) is 58.3 Å². The van der Waals surface area contributed by atoms with Gasteiger partial charge in [-0.1, -0.05) is 24.3 Å². The van der Waals surface area contributed by atoms with Gasteiger partial charge in [-0.25, -0.2) is 17.5 Å². The minimum Gasteiger partial charge on any atom is -0.306 e. The number of likely N-dealkylation sites (tertiary alicyclic amines) is 1. The number of hydrogen-bond donors (Lipinski definition) is 1. The van der Waals surface area contributed by atoms with Gasteiger partial charge in [0.2, 0.25) is 0 Å². The van der Waals surface area contributed by atoms with Gasteiger partial charge in [0.1, 0.15) is 4.90 Å². The fourth-order valence-electron chi connectivity index (χ4n) is 5.43. The zero-order valence-electron chi connectivity index (χ0n) is 19.5. The Kier molecular flexibility index (Phi) is 5.64. The Bertz CT molecular complexity index is 1400. The van der Waals surface area contributed by atoms with E-state index in [4.69, 9.17) is 0 Å². The Morgan fingerprint density at radius 3 is 2.41 bits per heavy atom. The molecule has 1 saturated heterocycles. The van der Waals surface area contributed by atoms with Gasteiger partial charge in [0.25, 0.3) is 15.9 Å². The molecule has 0 spiro atoms. The Hall–Kier alpha value is -2.91. The molecule has 8 nitrogen and oxygen atoms in total. The van der Waals surface area contributed by atoms with E-state index in [1.54, 1.807) is 18.2 Å². The molecule has 3 aromatic rings. The van der Waals surface area contributed by atoms with Crippen molar-refractivity contribution in [2.24, 2.45) is 0 Å². The van der Waals surface area contributed by atoms with Gasteiger partial charge < -0.3 is 4.98 Å². The van der Waals surface area contributed by atoms with Crippen molar-refractivity contribution in [3.05, 3.63) is 64.6 Å². The van der Waals surface area contributed by atoms with Crippen molar-refractivity contribution < 1.29 is 13.2 Å². The first-order valence-electron chi connectivity index (χ1n) is 11.8. The molecule has 180 valence electrons. The fraction of sp³-hybridized carbons (Fsp3) is 0.440. The van der Waals surface area contributed by atoms with E-state index in [1.807, 2.05) is 28.8 Å². The van der Waals surface area contributed by atoms with E-state index in [2.05, 4.69) is 23.7 Å². The standard InChI is InChI=1S/C25H30N4O4S/c1-25(2,14-7-15-28-23(30)19-8-3-6-11-22(19)34(28,32)33)27-16-12-18(13-17-27)29-21-10-5-4-9-20(21)26-24(29)31/h3-6,8-11,18H,7,12-17H2,1-2H3,(H,26,31). The number of carbonyl (C=O) groups excluding carboxylic acids is 1. The van der Waals surface area contributed by atoms with Gasteiger partial charge in [-0.05, 0) is 63.8 Å². The van der Waals surface area contributed by atoms with Crippen LogP contribution in [0.3, 0.4) is 0 Å². The highest BCUT2D eigenvalue weighted by Crippen LogP contribution is 2.33. The van der Waals surface area contributed by atoms with Crippen LogP contribution in [0.2, 0.25) is 0 Å². The predicted octanol–water partition coefficient (Wildman–Crippen LogP) is 3.37. The number of piperidine rings is 1. The van der Waals surface area contributed by atoms with Crippen LogP contribution in [0.4, 0.5) is 0 Å². The number of para-hydroxylation sites is 2. The zero-order valence-corrected chi connectivity index (χ0v) is 20.3. The lowest BCUT2D eigenvalue weighted by molar-refractivity contribution is 0.0665. The van der Waals surface area contributed by atoms with Crippen LogP contribution in [0, 0.1) is 0 Å². The SMILES string of the molecule is CC(C)(CCCN1C(=O)c2ccccc2S1(=O)=O)N1CCC(n2c(=O)[nH]c3ccccc32)CC1. The third-order valence-electron chi connectivity index (χ3n) is 7.37. The summed E-state index contributed by atoms with van der Waals surface area (Å²) < 4.78 is 28.5. The molecule has 1 N–H and O–H groups in total. The molecular formula is C25H30N4O4S. The summed E-state index contributed by atoms with van der Waals surface area (Å²) in [7, 11) is -3.76. The first-order valence-corrected chi connectivity index (χ1v) is 13.2. The molecule has 1 aromatic heterocycles. The third kappa shape index (κ3) is 3.76. The Balaban J connectivity index is 1.20. The number of benzene rings is 2. The Labute approximate surface area is 199 Å². The minimum atomic E-state index is -3.76. The van der Waals surface area contributed by atoms with Crippen LogP contribution in [0.5, 0.6) is 0 Å². The van der Waals surface area contributed by atoms with E-state index in [0.717, 1.165) is 47.7 Å². The highest BCUT2D eigenvalue weighted by atomic mass is 32.2. The number of carbonyl (C=O) groups is 1. The van der Waals surface area contributed by atoms with Gasteiger partial charge >= 0.3 is 5.69 Å². The summed E-state index contributed by atoms with van der Waals surface area (Å²) in [6, 6.07) is 14.3. The van der Waals surface area contributed by atoms with E-state index in [1.165, 1.54) is 6.07 Å². The van der Waals surface area contributed by atoms with Crippen LogP contribution in [0.15, 0.2) is 58.2 Å². The van der Waals surface area contributed by atoms with Crippen molar-refractivity contribution in [2.75, 3.05) is 19.6 Å². The van der Waals surface area contributed by atoms with Crippen molar-refractivity contribution in [1.29, 1.82) is 0 Å². The number of H-pyrrole nitrogens is 1. The number of hydrogen-bond acceptors (Lipinski definition) is 5. The zero-order chi connectivity index (χ0) is 24.1. The maximum absolute atomic E-state index is 12.8. The third-order valence-corrected chi connectivity index (χ3v) is 9.21. The molecule has 0 aliphatic carbocycles. The number of rotatable bonds is 6. The van der Waals surface area contributed by atoms with Crippen molar-refractivity contribution in [1.82, 2.24) is 18.8 Å². The molecule has 9 heteroatoms. The van der Waals surface area contributed by atoms with Gasteiger partial charge in [-0.15, -0.1) is 0 Å². The van der Waals surface area contributed by atoms with Gasteiger partial charge in [0.15, 0.2) is 0 Å². The average molecular weight is 483 g/mol. The second kappa shape index (κ2) is 8.39. The predicted molar refractivity (Wildman–Crippen MR) is 130 cm³/mol. The maximum atomic E-state index is 12.8. The van der Waals surface area contributed by atoms with Gasteiger partial charge in [-0.3, -0.25) is 14.3 Å². The summed E-state index contributed by atoms with van der Waals surface area (Å²) >= 11 is 0. The number of nitrogens with zero attached hydrogens (tertiary/aromatic N) is 3. The van der Waals surface area contributed by atoms with Crippen LogP contribution < -0.4 is 5.69 Å². The fourth-order valence-corrected chi connectivity index (χ4v) is 7.04. The number of aromatic nitrogens is 2. The highest BCUT2D eigenvalue weighted by Gasteiger charge is 2.41. The van der Waals surface area contributed by atoms with E-state index in [-0.39, 0.29) is 34.3 Å². The molecule has 2 aliphatic rings. The molecule has 0 saturated carbocycles. The van der Waals surface area contributed by atoms with E-state index in [9.17, 15) is 18.0 Å². The summed E-state index contributed by atoms with van der Waals surface area (Å²) in [5.41, 5.74) is 1.87.